The van der Waals surface area contributed by atoms with Crippen molar-refractivity contribution in [1.82, 2.24) is 0 Å². The summed E-state index contributed by atoms with van der Waals surface area (Å²) in [5.74, 6) is 1.13. The van der Waals surface area contributed by atoms with Gasteiger partial charge in [-0.15, -0.1) is 0 Å². The summed E-state index contributed by atoms with van der Waals surface area (Å²) < 4.78 is 29.8. The quantitative estimate of drug-likeness (QED) is 0.897. The molecule has 1 aromatic rings. The lowest BCUT2D eigenvalue weighted by Gasteiger charge is -2.24. The first-order chi connectivity index (χ1) is 9.26. The molecule has 0 saturated carbocycles. The number of benzene rings is 1. The van der Waals surface area contributed by atoms with Crippen molar-refractivity contribution in [2.24, 2.45) is 11.7 Å². The molecule has 6 heteroatoms. The summed E-state index contributed by atoms with van der Waals surface area (Å²) in [4.78, 5) is 0. The molecule has 2 unspecified atom stereocenters. The van der Waals surface area contributed by atoms with Gasteiger partial charge in [0.1, 0.15) is 5.75 Å². The Morgan fingerprint density at radius 2 is 2.10 bits per heavy atom. The van der Waals surface area contributed by atoms with Gasteiger partial charge in [-0.25, -0.2) is 8.42 Å². The highest BCUT2D eigenvalue weighted by Gasteiger charge is 2.35. The molecule has 2 rings (SSSR count). The number of methoxy groups -OCH3 is 1. The summed E-state index contributed by atoms with van der Waals surface area (Å²) in [6.07, 6.45) is 0.623. The van der Waals surface area contributed by atoms with Crippen molar-refractivity contribution in [3.63, 3.8) is 0 Å². The van der Waals surface area contributed by atoms with Crippen LogP contribution in [-0.2, 0) is 9.84 Å². The lowest BCUT2D eigenvalue weighted by atomic mass is 9.88. The minimum absolute atomic E-state index is 0.0405. The summed E-state index contributed by atoms with van der Waals surface area (Å²) in [5.41, 5.74) is 9.30. The van der Waals surface area contributed by atoms with Crippen molar-refractivity contribution in [2.45, 2.75) is 26.3 Å². The largest absolute Gasteiger partial charge is 0.496 e. The Hall–Kier alpha value is -0.590. The molecule has 0 bridgehead atoms. The van der Waals surface area contributed by atoms with E-state index in [1.54, 1.807) is 7.11 Å². The average Bonchev–Trinajstić information content (AvgIpc) is 2.73. The smallest absolute Gasteiger partial charge is 0.150 e. The molecule has 112 valence electrons. The van der Waals surface area contributed by atoms with E-state index in [-0.39, 0.29) is 23.5 Å². The second-order valence-corrected chi connectivity index (χ2v) is 8.52. The number of aryl methyl sites for hydroxylation is 1. The van der Waals surface area contributed by atoms with Crippen molar-refractivity contribution in [3.05, 3.63) is 27.2 Å². The minimum Gasteiger partial charge on any atom is -0.496 e. The van der Waals surface area contributed by atoms with Gasteiger partial charge in [-0.1, -0.05) is 15.9 Å². The van der Waals surface area contributed by atoms with Crippen LogP contribution in [0.25, 0.3) is 0 Å². The first-order valence-electron chi connectivity index (χ1n) is 6.56. The molecule has 1 aliphatic rings. The van der Waals surface area contributed by atoms with E-state index in [0.717, 1.165) is 26.9 Å². The number of hydrogen-bond donors (Lipinski definition) is 1. The molecular formula is C14H20BrNO3S. The maximum Gasteiger partial charge on any atom is 0.150 e. The van der Waals surface area contributed by atoms with Crippen molar-refractivity contribution in [1.29, 1.82) is 0 Å². The molecule has 1 heterocycles. The molecule has 1 fully saturated rings. The Morgan fingerprint density at radius 3 is 2.60 bits per heavy atom. The maximum atomic E-state index is 11.7. The molecule has 20 heavy (non-hydrogen) atoms. The van der Waals surface area contributed by atoms with Gasteiger partial charge in [0, 0.05) is 16.1 Å². The number of sulfone groups is 1. The van der Waals surface area contributed by atoms with Gasteiger partial charge in [0.2, 0.25) is 0 Å². The van der Waals surface area contributed by atoms with Crippen LogP contribution in [0.4, 0.5) is 0 Å². The van der Waals surface area contributed by atoms with E-state index in [1.807, 2.05) is 19.9 Å². The van der Waals surface area contributed by atoms with Crippen LogP contribution in [0.2, 0.25) is 0 Å². The zero-order valence-corrected chi connectivity index (χ0v) is 14.3. The zero-order chi connectivity index (χ0) is 15.1. The third-order valence-corrected chi connectivity index (χ3v) is 6.64. The lowest BCUT2D eigenvalue weighted by Crippen LogP contribution is -2.24. The standard InChI is InChI=1S/C14H20BrNO3S/c1-8-6-11(15)9(2)12(14(8)19-3)13(16)10-4-5-20(17,18)7-10/h6,10,13H,4-5,7,16H2,1-3H3. The van der Waals surface area contributed by atoms with Crippen LogP contribution in [0.3, 0.4) is 0 Å². The SMILES string of the molecule is COc1c(C)cc(Br)c(C)c1C(N)C1CCS(=O)(=O)C1. The third kappa shape index (κ3) is 2.87. The lowest BCUT2D eigenvalue weighted by molar-refractivity contribution is 0.388. The maximum absolute atomic E-state index is 11.7. The minimum atomic E-state index is -2.93. The molecule has 4 nitrogen and oxygen atoms in total. The van der Waals surface area contributed by atoms with E-state index in [9.17, 15) is 8.42 Å². The van der Waals surface area contributed by atoms with E-state index >= 15 is 0 Å². The fraction of sp³-hybridized carbons (Fsp3) is 0.571. The van der Waals surface area contributed by atoms with Gasteiger partial charge < -0.3 is 10.5 Å². The first-order valence-corrected chi connectivity index (χ1v) is 9.18. The van der Waals surface area contributed by atoms with Crippen LogP contribution < -0.4 is 10.5 Å². The fourth-order valence-electron chi connectivity index (χ4n) is 2.89. The van der Waals surface area contributed by atoms with Gasteiger partial charge in [-0.3, -0.25) is 0 Å². The van der Waals surface area contributed by atoms with Crippen molar-refractivity contribution < 1.29 is 13.2 Å². The summed E-state index contributed by atoms with van der Waals surface area (Å²) in [6, 6.07) is 1.67. The molecule has 0 aromatic heterocycles. The topological polar surface area (TPSA) is 69.4 Å². The molecular weight excluding hydrogens is 342 g/mol. The van der Waals surface area contributed by atoms with E-state index in [2.05, 4.69) is 15.9 Å². The second kappa shape index (κ2) is 5.66. The highest BCUT2D eigenvalue weighted by atomic mass is 79.9. The van der Waals surface area contributed by atoms with Crippen molar-refractivity contribution >= 4 is 25.8 Å². The van der Waals surface area contributed by atoms with Gasteiger partial charge in [0.15, 0.2) is 9.84 Å². The fourth-order valence-corrected chi connectivity index (χ4v) is 5.30. The first kappa shape index (κ1) is 15.8. The van der Waals surface area contributed by atoms with Crippen molar-refractivity contribution in [3.8, 4) is 5.75 Å². The van der Waals surface area contributed by atoms with E-state index in [1.165, 1.54) is 0 Å². The van der Waals surface area contributed by atoms with Crippen LogP contribution in [0, 0.1) is 19.8 Å². The Kier molecular flexibility index (Phi) is 4.47. The summed E-state index contributed by atoms with van der Waals surface area (Å²) in [5, 5.41) is 0. The molecule has 0 radical (unpaired) electrons. The van der Waals surface area contributed by atoms with Crippen LogP contribution in [0.15, 0.2) is 10.5 Å². The number of hydrogen-bond acceptors (Lipinski definition) is 4. The average molecular weight is 362 g/mol. The van der Waals surface area contributed by atoms with E-state index in [0.29, 0.717) is 6.42 Å². The molecule has 0 amide bonds. The molecule has 2 N–H and O–H groups in total. The van der Waals surface area contributed by atoms with Gasteiger partial charge in [0.05, 0.1) is 18.6 Å². The van der Waals surface area contributed by atoms with E-state index < -0.39 is 9.84 Å². The Morgan fingerprint density at radius 1 is 1.45 bits per heavy atom. The molecule has 0 spiro atoms. The predicted octanol–water partition coefficient (Wildman–Crippen LogP) is 2.51. The van der Waals surface area contributed by atoms with Crippen LogP contribution in [0.1, 0.15) is 29.2 Å². The van der Waals surface area contributed by atoms with Gasteiger partial charge >= 0.3 is 0 Å². The number of ether oxygens (including phenoxy) is 1. The summed E-state index contributed by atoms with van der Waals surface area (Å²) in [6.45, 7) is 3.94. The molecule has 1 aromatic carbocycles. The molecule has 1 aliphatic heterocycles. The number of nitrogens with two attached hydrogens (primary N) is 1. The third-order valence-electron chi connectivity index (χ3n) is 4.02. The highest BCUT2D eigenvalue weighted by molar-refractivity contribution is 9.10. The Balaban J connectivity index is 2.46. The van der Waals surface area contributed by atoms with Gasteiger partial charge in [0.25, 0.3) is 0 Å². The van der Waals surface area contributed by atoms with Crippen LogP contribution in [0.5, 0.6) is 5.75 Å². The summed E-state index contributed by atoms with van der Waals surface area (Å²) >= 11 is 3.53. The number of rotatable bonds is 3. The van der Waals surface area contributed by atoms with E-state index in [4.69, 9.17) is 10.5 Å². The molecule has 1 saturated heterocycles. The number of halogens is 1. The van der Waals surface area contributed by atoms with Crippen LogP contribution in [-0.4, -0.2) is 27.0 Å². The Bertz CT molecular complexity index is 628. The van der Waals surface area contributed by atoms with Gasteiger partial charge in [-0.05, 0) is 43.4 Å². The normalized spacial score (nSPS) is 22.8. The second-order valence-electron chi connectivity index (χ2n) is 5.44. The zero-order valence-electron chi connectivity index (χ0n) is 11.9. The monoisotopic (exact) mass is 361 g/mol. The van der Waals surface area contributed by atoms with Crippen molar-refractivity contribution in [2.75, 3.05) is 18.6 Å². The highest BCUT2D eigenvalue weighted by Crippen LogP contribution is 2.40. The molecule has 0 aliphatic carbocycles. The molecule has 2 atom stereocenters. The predicted molar refractivity (Wildman–Crippen MR) is 83.9 cm³/mol. The van der Waals surface area contributed by atoms with Gasteiger partial charge in [-0.2, -0.15) is 0 Å². The summed E-state index contributed by atoms with van der Waals surface area (Å²) in [7, 11) is -1.31. The van der Waals surface area contributed by atoms with Crippen LogP contribution >= 0.6 is 15.9 Å². The Labute approximate surface area is 128 Å².